The normalized spacial score (nSPS) is 10.3. The summed E-state index contributed by atoms with van der Waals surface area (Å²) in [5.74, 6) is 0.898. The van der Waals surface area contributed by atoms with Crippen LogP contribution in [0, 0.1) is 6.92 Å². The molecule has 0 aliphatic carbocycles. The third-order valence-corrected chi connectivity index (χ3v) is 2.92. The van der Waals surface area contributed by atoms with Crippen molar-refractivity contribution in [3.63, 3.8) is 0 Å². The minimum atomic E-state index is 0.741. The van der Waals surface area contributed by atoms with Crippen molar-refractivity contribution in [2.24, 2.45) is 0 Å². The molecule has 0 fully saturated rings. The number of nitrogen functional groups attached to an aromatic ring is 1. The van der Waals surface area contributed by atoms with Gasteiger partial charge in [-0.05, 0) is 37.5 Å². The number of benzene rings is 1. The minimum Gasteiger partial charge on any atom is -0.397 e. The number of anilines is 2. The second-order valence-electron chi connectivity index (χ2n) is 4.39. The number of nitrogens with two attached hydrogens (primary N) is 1. The van der Waals surface area contributed by atoms with E-state index in [0.717, 1.165) is 36.6 Å². The second-order valence-corrected chi connectivity index (χ2v) is 4.39. The average Bonchev–Trinajstić information content (AvgIpc) is 2.40. The molecule has 2 rings (SSSR count). The van der Waals surface area contributed by atoms with Gasteiger partial charge in [0.25, 0.3) is 0 Å². The highest BCUT2D eigenvalue weighted by molar-refractivity contribution is 5.48. The van der Waals surface area contributed by atoms with Crippen molar-refractivity contribution < 1.29 is 0 Å². The van der Waals surface area contributed by atoms with E-state index in [1.54, 1.807) is 0 Å². The molecule has 0 spiro atoms. The number of rotatable bonds is 5. The molecule has 0 radical (unpaired) electrons. The predicted octanol–water partition coefficient (Wildman–Crippen LogP) is 3.02. The molecule has 0 bridgehead atoms. The van der Waals surface area contributed by atoms with Crippen molar-refractivity contribution in [1.29, 1.82) is 0 Å². The van der Waals surface area contributed by atoms with E-state index in [2.05, 4.69) is 34.6 Å². The molecular formula is C15H19N3. The molecule has 0 saturated carbocycles. The Balaban J connectivity index is 1.77. The lowest BCUT2D eigenvalue weighted by Crippen LogP contribution is -2.05. The first-order chi connectivity index (χ1) is 8.75. The van der Waals surface area contributed by atoms with Crippen LogP contribution in [0.5, 0.6) is 0 Å². The Bertz CT molecular complexity index is 494. The highest BCUT2D eigenvalue weighted by Gasteiger charge is 1.98. The Morgan fingerprint density at radius 2 is 1.89 bits per heavy atom. The van der Waals surface area contributed by atoms with E-state index < -0.39 is 0 Å². The van der Waals surface area contributed by atoms with Gasteiger partial charge in [-0.1, -0.05) is 30.3 Å². The van der Waals surface area contributed by atoms with Gasteiger partial charge in [0, 0.05) is 6.54 Å². The Kier molecular flexibility index (Phi) is 4.18. The summed E-state index contributed by atoms with van der Waals surface area (Å²) in [5, 5.41) is 3.32. The summed E-state index contributed by atoms with van der Waals surface area (Å²) in [6.45, 7) is 2.84. The van der Waals surface area contributed by atoms with Crippen molar-refractivity contribution in [3.05, 3.63) is 53.7 Å². The van der Waals surface area contributed by atoms with E-state index in [-0.39, 0.29) is 0 Å². The maximum absolute atomic E-state index is 5.73. The van der Waals surface area contributed by atoms with Crippen LogP contribution in [0.1, 0.15) is 17.7 Å². The summed E-state index contributed by atoms with van der Waals surface area (Å²) in [6, 6.07) is 14.3. The number of pyridine rings is 1. The zero-order chi connectivity index (χ0) is 12.8. The van der Waals surface area contributed by atoms with Crippen molar-refractivity contribution in [3.8, 4) is 0 Å². The van der Waals surface area contributed by atoms with Crippen molar-refractivity contribution in [1.82, 2.24) is 4.98 Å². The van der Waals surface area contributed by atoms with E-state index >= 15 is 0 Å². The van der Waals surface area contributed by atoms with E-state index in [1.807, 2.05) is 25.1 Å². The fourth-order valence-corrected chi connectivity index (χ4v) is 1.82. The molecule has 0 aliphatic heterocycles. The summed E-state index contributed by atoms with van der Waals surface area (Å²) < 4.78 is 0. The molecule has 0 atom stereocenters. The Hall–Kier alpha value is -2.03. The maximum atomic E-state index is 5.73. The Morgan fingerprint density at radius 1 is 1.11 bits per heavy atom. The average molecular weight is 241 g/mol. The lowest BCUT2D eigenvalue weighted by atomic mass is 10.1. The molecule has 3 nitrogen and oxygen atoms in total. The number of hydrogen-bond acceptors (Lipinski definition) is 3. The van der Waals surface area contributed by atoms with Gasteiger partial charge in [0.2, 0.25) is 0 Å². The number of hydrogen-bond donors (Lipinski definition) is 2. The molecular weight excluding hydrogens is 222 g/mol. The van der Waals surface area contributed by atoms with Gasteiger partial charge in [-0.3, -0.25) is 0 Å². The molecule has 3 N–H and O–H groups in total. The Labute approximate surface area is 108 Å². The molecule has 18 heavy (non-hydrogen) atoms. The first-order valence-electron chi connectivity index (χ1n) is 6.26. The van der Waals surface area contributed by atoms with Crippen LogP contribution in [0.15, 0.2) is 42.5 Å². The van der Waals surface area contributed by atoms with Gasteiger partial charge in [-0.15, -0.1) is 0 Å². The highest BCUT2D eigenvalue weighted by Crippen LogP contribution is 2.11. The van der Waals surface area contributed by atoms with Crippen LogP contribution in [0.2, 0.25) is 0 Å². The zero-order valence-electron chi connectivity index (χ0n) is 10.7. The number of nitrogens with one attached hydrogen (secondary N) is 1. The van der Waals surface area contributed by atoms with Gasteiger partial charge in [0.15, 0.2) is 0 Å². The minimum absolute atomic E-state index is 0.741. The molecule has 1 aromatic carbocycles. The lowest BCUT2D eigenvalue weighted by molar-refractivity contribution is 0.858. The zero-order valence-corrected chi connectivity index (χ0v) is 10.7. The molecule has 1 aromatic heterocycles. The van der Waals surface area contributed by atoms with Crippen LogP contribution in [0.25, 0.3) is 0 Å². The summed E-state index contributed by atoms with van der Waals surface area (Å²) in [5.41, 5.74) is 8.72. The third kappa shape index (κ3) is 3.48. The maximum Gasteiger partial charge on any atom is 0.126 e. The van der Waals surface area contributed by atoms with Gasteiger partial charge in [0.05, 0.1) is 11.4 Å². The summed E-state index contributed by atoms with van der Waals surface area (Å²) in [4.78, 5) is 4.38. The highest BCUT2D eigenvalue weighted by atomic mass is 15.0. The van der Waals surface area contributed by atoms with Crippen LogP contribution in [0.3, 0.4) is 0 Å². The largest absolute Gasteiger partial charge is 0.397 e. The molecule has 94 valence electrons. The monoisotopic (exact) mass is 241 g/mol. The molecule has 0 unspecified atom stereocenters. The molecule has 0 saturated heterocycles. The van der Waals surface area contributed by atoms with Crippen molar-refractivity contribution in [2.45, 2.75) is 19.8 Å². The summed E-state index contributed by atoms with van der Waals surface area (Å²) >= 11 is 0. The van der Waals surface area contributed by atoms with E-state index in [4.69, 9.17) is 5.73 Å². The first kappa shape index (κ1) is 12.4. The van der Waals surface area contributed by atoms with Crippen LogP contribution < -0.4 is 11.1 Å². The number of aryl methyl sites for hydroxylation is 2. The molecule has 2 aromatic rings. The van der Waals surface area contributed by atoms with Gasteiger partial charge in [0.1, 0.15) is 5.82 Å². The van der Waals surface area contributed by atoms with Crippen LogP contribution in [-0.4, -0.2) is 11.5 Å². The van der Waals surface area contributed by atoms with Gasteiger partial charge in [-0.25, -0.2) is 4.98 Å². The van der Waals surface area contributed by atoms with Gasteiger partial charge < -0.3 is 11.1 Å². The Morgan fingerprint density at radius 3 is 2.61 bits per heavy atom. The van der Waals surface area contributed by atoms with E-state index in [9.17, 15) is 0 Å². The first-order valence-corrected chi connectivity index (χ1v) is 6.26. The van der Waals surface area contributed by atoms with Crippen LogP contribution in [-0.2, 0) is 6.42 Å². The molecule has 0 aliphatic rings. The molecule has 3 heteroatoms. The molecule has 1 heterocycles. The standard InChI is InChI=1S/C15H19N3/c1-12-14(16)9-10-15(18-12)17-11-5-8-13-6-3-2-4-7-13/h2-4,6-7,9-10H,5,8,11,16H2,1H3,(H,17,18). The van der Waals surface area contributed by atoms with Gasteiger partial charge >= 0.3 is 0 Å². The van der Waals surface area contributed by atoms with Crippen LogP contribution in [0.4, 0.5) is 11.5 Å². The van der Waals surface area contributed by atoms with E-state index in [0.29, 0.717) is 0 Å². The van der Waals surface area contributed by atoms with Crippen LogP contribution >= 0.6 is 0 Å². The summed E-state index contributed by atoms with van der Waals surface area (Å²) in [6.07, 6.45) is 2.18. The third-order valence-electron chi connectivity index (χ3n) is 2.92. The smallest absolute Gasteiger partial charge is 0.126 e. The van der Waals surface area contributed by atoms with Crippen molar-refractivity contribution >= 4 is 11.5 Å². The number of aromatic nitrogens is 1. The SMILES string of the molecule is Cc1nc(NCCCc2ccccc2)ccc1N. The fraction of sp³-hybridized carbons (Fsp3) is 0.267. The number of nitrogens with zero attached hydrogens (tertiary/aromatic N) is 1. The lowest BCUT2D eigenvalue weighted by Gasteiger charge is -2.07. The summed E-state index contributed by atoms with van der Waals surface area (Å²) in [7, 11) is 0. The quantitative estimate of drug-likeness (QED) is 0.791. The second kappa shape index (κ2) is 6.05. The predicted molar refractivity (Wildman–Crippen MR) is 76.6 cm³/mol. The molecule has 0 amide bonds. The topological polar surface area (TPSA) is 50.9 Å². The van der Waals surface area contributed by atoms with Gasteiger partial charge in [-0.2, -0.15) is 0 Å². The van der Waals surface area contributed by atoms with E-state index in [1.165, 1.54) is 5.56 Å². The fourth-order valence-electron chi connectivity index (χ4n) is 1.82. The van der Waals surface area contributed by atoms with Crippen molar-refractivity contribution in [2.75, 3.05) is 17.6 Å².